The van der Waals surface area contributed by atoms with Crippen molar-refractivity contribution in [3.8, 4) is 5.75 Å². The highest BCUT2D eigenvalue weighted by Crippen LogP contribution is 2.52. The second kappa shape index (κ2) is 13.0. The number of halogens is 4. The van der Waals surface area contributed by atoms with E-state index in [1.165, 1.54) is 31.2 Å². The zero-order valence-electron chi connectivity index (χ0n) is 24.8. The molecule has 3 N–H and O–H groups in total. The summed E-state index contributed by atoms with van der Waals surface area (Å²) >= 11 is 12.4. The lowest BCUT2D eigenvalue weighted by molar-refractivity contribution is -0.130. The first-order valence-electron chi connectivity index (χ1n) is 14.6. The monoisotopic (exact) mass is 644 g/mol. The zero-order valence-corrected chi connectivity index (χ0v) is 26.3. The van der Waals surface area contributed by atoms with Crippen LogP contribution in [0.25, 0.3) is 0 Å². The van der Waals surface area contributed by atoms with Crippen molar-refractivity contribution in [2.45, 2.75) is 62.8 Å². The van der Waals surface area contributed by atoms with Crippen molar-refractivity contribution < 1.29 is 23.1 Å². The third-order valence-corrected chi connectivity index (χ3v) is 9.67. The highest BCUT2D eigenvalue weighted by Gasteiger charge is 2.60. The maximum absolute atomic E-state index is 16.0. The molecule has 3 aromatic carbocycles. The van der Waals surface area contributed by atoms with E-state index < -0.39 is 35.2 Å². The van der Waals surface area contributed by atoms with Crippen LogP contribution in [0, 0.1) is 11.6 Å². The summed E-state index contributed by atoms with van der Waals surface area (Å²) < 4.78 is 37.2. The molecule has 4 atom stereocenters. The SMILES string of the molecule is COc1cccc(CN2C(C(=O)NC3CCN(C(C)=O)CC3)C(c3cccc(Cl)c3F)C(N)(c3ccc(Cl)cc3F)C2C)c1. The van der Waals surface area contributed by atoms with Crippen LogP contribution >= 0.6 is 23.2 Å². The first-order chi connectivity index (χ1) is 20.9. The normalized spacial score (nSPS) is 24.4. The van der Waals surface area contributed by atoms with Gasteiger partial charge in [-0.05, 0) is 61.2 Å². The Kier molecular flexibility index (Phi) is 9.51. The maximum Gasteiger partial charge on any atom is 0.238 e. The minimum absolute atomic E-state index is 0.0155. The molecule has 11 heteroatoms. The Morgan fingerprint density at radius 1 is 1.07 bits per heavy atom. The molecule has 0 saturated carbocycles. The number of nitrogens with two attached hydrogens (primary N) is 1. The summed E-state index contributed by atoms with van der Waals surface area (Å²) in [4.78, 5) is 30.0. The lowest BCUT2D eigenvalue weighted by Crippen LogP contribution is -2.52. The van der Waals surface area contributed by atoms with Crippen LogP contribution in [-0.4, -0.2) is 59.9 Å². The smallest absolute Gasteiger partial charge is 0.238 e. The van der Waals surface area contributed by atoms with Crippen LogP contribution in [-0.2, 0) is 21.7 Å². The number of amides is 2. The molecule has 44 heavy (non-hydrogen) atoms. The van der Waals surface area contributed by atoms with Gasteiger partial charge < -0.3 is 20.7 Å². The molecule has 234 valence electrons. The summed E-state index contributed by atoms with van der Waals surface area (Å²) in [5.41, 5.74) is 6.77. The molecular weight excluding hydrogens is 609 g/mol. The number of nitrogens with zero attached hydrogens (tertiary/aromatic N) is 2. The number of piperidine rings is 1. The van der Waals surface area contributed by atoms with E-state index in [9.17, 15) is 9.59 Å². The molecule has 5 rings (SSSR count). The number of methoxy groups -OCH3 is 1. The average molecular weight is 646 g/mol. The van der Waals surface area contributed by atoms with E-state index in [-0.39, 0.29) is 45.6 Å². The van der Waals surface area contributed by atoms with Crippen molar-refractivity contribution in [2.24, 2.45) is 5.73 Å². The molecule has 2 saturated heterocycles. The molecule has 4 unspecified atom stereocenters. The van der Waals surface area contributed by atoms with Crippen molar-refractivity contribution in [3.05, 3.63) is 99.0 Å². The molecule has 0 aliphatic carbocycles. The predicted octanol–water partition coefficient (Wildman–Crippen LogP) is 5.62. The van der Waals surface area contributed by atoms with E-state index in [2.05, 4.69) is 5.32 Å². The van der Waals surface area contributed by atoms with Crippen LogP contribution in [0.3, 0.4) is 0 Å². The van der Waals surface area contributed by atoms with Gasteiger partial charge in [0.05, 0.1) is 23.7 Å². The van der Waals surface area contributed by atoms with Crippen molar-refractivity contribution in [1.29, 1.82) is 0 Å². The number of carbonyl (C=O) groups is 2. The number of ether oxygens (including phenoxy) is 1. The summed E-state index contributed by atoms with van der Waals surface area (Å²) in [7, 11) is 1.57. The van der Waals surface area contributed by atoms with Gasteiger partial charge in [-0.1, -0.05) is 53.5 Å². The van der Waals surface area contributed by atoms with Crippen LogP contribution in [0.15, 0.2) is 60.7 Å². The Labute approximate surface area is 266 Å². The van der Waals surface area contributed by atoms with Gasteiger partial charge in [-0.2, -0.15) is 0 Å². The number of likely N-dealkylation sites (tertiary alicyclic amines) is 2. The van der Waals surface area contributed by atoms with Gasteiger partial charge in [0, 0.05) is 55.1 Å². The van der Waals surface area contributed by atoms with Crippen LogP contribution in [0.1, 0.15) is 49.3 Å². The van der Waals surface area contributed by atoms with Gasteiger partial charge in [0.25, 0.3) is 0 Å². The first-order valence-corrected chi connectivity index (χ1v) is 15.3. The summed E-state index contributed by atoms with van der Waals surface area (Å²) in [5.74, 6) is -2.17. The van der Waals surface area contributed by atoms with Gasteiger partial charge in [0.2, 0.25) is 11.8 Å². The summed E-state index contributed by atoms with van der Waals surface area (Å²) in [6, 6.07) is 14.3. The van der Waals surface area contributed by atoms with Crippen LogP contribution in [0.4, 0.5) is 8.78 Å². The molecule has 0 spiro atoms. The zero-order chi connectivity index (χ0) is 31.8. The number of hydrogen-bond donors (Lipinski definition) is 2. The standard InChI is InChI=1S/C33H36Cl2F2N4O3/c1-19-33(38,26-11-10-22(34)17-28(26)36)29(25-8-5-9-27(35)30(25)37)31(41(19)18-21-6-4-7-24(16-21)44-3)32(43)39-23-12-14-40(15-13-23)20(2)42/h4-11,16-17,19,23,29,31H,12-15,18,38H2,1-3H3,(H,39,43). The van der Waals surface area contributed by atoms with E-state index in [1.54, 1.807) is 24.1 Å². The molecule has 0 radical (unpaired) electrons. The second-order valence-corrected chi connectivity index (χ2v) is 12.5. The Balaban J connectivity index is 1.64. The number of benzene rings is 3. The predicted molar refractivity (Wildman–Crippen MR) is 167 cm³/mol. The fourth-order valence-electron chi connectivity index (χ4n) is 6.79. The van der Waals surface area contributed by atoms with Crippen LogP contribution in [0.2, 0.25) is 10.0 Å². The second-order valence-electron chi connectivity index (χ2n) is 11.6. The number of nitrogens with one attached hydrogen (secondary N) is 1. The number of hydrogen-bond acceptors (Lipinski definition) is 5. The third-order valence-electron chi connectivity index (χ3n) is 9.15. The van der Waals surface area contributed by atoms with Crippen molar-refractivity contribution in [2.75, 3.05) is 20.2 Å². The lowest BCUT2D eigenvalue weighted by Gasteiger charge is -2.37. The molecular formula is C33H36Cl2F2N4O3. The molecule has 2 aliphatic rings. The minimum Gasteiger partial charge on any atom is -0.497 e. The quantitative estimate of drug-likeness (QED) is 0.349. The van der Waals surface area contributed by atoms with Gasteiger partial charge in [-0.3, -0.25) is 14.5 Å². The Hall–Kier alpha value is -3.24. The van der Waals surface area contributed by atoms with Gasteiger partial charge in [0.15, 0.2) is 0 Å². The molecule has 0 aromatic heterocycles. The lowest BCUT2D eigenvalue weighted by atomic mass is 9.71. The average Bonchev–Trinajstić information content (AvgIpc) is 3.21. The van der Waals surface area contributed by atoms with Crippen molar-refractivity contribution in [1.82, 2.24) is 15.1 Å². The van der Waals surface area contributed by atoms with Crippen LogP contribution < -0.4 is 15.8 Å². The van der Waals surface area contributed by atoms with E-state index in [1.807, 2.05) is 36.1 Å². The van der Waals surface area contributed by atoms with E-state index in [0.717, 1.165) is 5.56 Å². The topological polar surface area (TPSA) is 87.9 Å². The van der Waals surface area contributed by atoms with Gasteiger partial charge in [0.1, 0.15) is 17.4 Å². The summed E-state index contributed by atoms with van der Waals surface area (Å²) in [6.45, 7) is 4.61. The maximum atomic E-state index is 16.0. The number of rotatable bonds is 7. The molecule has 3 aromatic rings. The van der Waals surface area contributed by atoms with E-state index >= 15 is 8.78 Å². The van der Waals surface area contributed by atoms with Gasteiger partial charge >= 0.3 is 0 Å². The Morgan fingerprint density at radius 3 is 2.43 bits per heavy atom. The summed E-state index contributed by atoms with van der Waals surface area (Å²) in [6.07, 6.45) is 1.14. The third kappa shape index (κ3) is 6.03. The molecule has 2 heterocycles. The highest BCUT2D eigenvalue weighted by molar-refractivity contribution is 6.31. The van der Waals surface area contributed by atoms with Gasteiger partial charge in [-0.15, -0.1) is 0 Å². The van der Waals surface area contributed by atoms with E-state index in [4.69, 9.17) is 33.7 Å². The Bertz CT molecular complexity index is 1550. The fourth-order valence-corrected chi connectivity index (χ4v) is 7.13. The number of carbonyl (C=O) groups excluding carboxylic acids is 2. The molecule has 2 amide bonds. The molecule has 0 bridgehead atoms. The summed E-state index contributed by atoms with van der Waals surface area (Å²) in [5, 5.41) is 3.21. The molecule has 7 nitrogen and oxygen atoms in total. The van der Waals surface area contributed by atoms with Crippen molar-refractivity contribution in [3.63, 3.8) is 0 Å². The minimum atomic E-state index is -1.58. The molecule has 2 aliphatic heterocycles. The van der Waals surface area contributed by atoms with Crippen LogP contribution in [0.5, 0.6) is 5.75 Å². The fraction of sp³-hybridized carbons (Fsp3) is 0.394. The van der Waals surface area contributed by atoms with Crippen molar-refractivity contribution >= 4 is 35.0 Å². The largest absolute Gasteiger partial charge is 0.497 e. The Morgan fingerprint density at radius 2 is 1.77 bits per heavy atom. The van der Waals surface area contributed by atoms with E-state index in [0.29, 0.717) is 31.7 Å². The molecule has 2 fully saturated rings. The first kappa shape index (κ1) is 32.2. The highest BCUT2D eigenvalue weighted by atomic mass is 35.5. The van der Waals surface area contributed by atoms with Gasteiger partial charge in [-0.25, -0.2) is 8.78 Å².